The summed E-state index contributed by atoms with van der Waals surface area (Å²) in [7, 11) is 0. The number of fused-ring (bicyclic) bond motifs is 3. The summed E-state index contributed by atoms with van der Waals surface area (Å²) >= 11 is 0. The van der Waals surface area contributed by atoms with E-state index in [-0.39, 0.29) is 0 Å². The van der Waals surface area contributed by atoms with Gasteiger partial charge in [-0.1, -0.05) is 0 Å². The van der Waals surface area contributed by atoms with Crippen LogP contribution in [0.5, 0.6) is 0 Å². The summed E-state index contributed by atoms with van der Waals surface area (Å²) in [5.74, 6) is 0.456. The summed E-state index contributed by atoms with van der Waals surface area (Å²) in [6, 6.07) is 0. The second-order valence-electron chi connectivity index (χ2n) is 4.88. The van der Waals surface area contributed by atoms with Crippen LogP contribution in [0.15, 0.2) is 0 Å². The van der Waals surface area contributed by atoms with Crippen molar-refractivity contribution >= 4 is 0 Å². The highest BCUT2D eigenvalue weighted by Crippen LogP contribution is 2.36. The fourth-order valence-corrected chi connectivity index (χ4v) is 2.62. The molecule has 4 fully saturated rings. The lowest BCUT2D eigenvalue weighted by Crippen LogP contribution is -2.55. The fraction of sp³-hybridized carbons (Fsp3) is 1.00. The van der Waals surface area contributed by atoms with Crippen LogP contribution in [0.1, 0.15) is 19.3 Å². The van der Waals surface area contributed by atoms with Crippen LogP contribution in [0.2, 0.25) is 0 Å². The lowest BCUT2D eigenvalue weighted by Gasteiger charge is -2.46. The molecule has 4 heterocycles. The molecule has 0 aromatic carbocycles. The van der Waals surface area contributed by atoms with E-state index in [1.807, 2.05) is 0 Å². The first-order valence-corrected chi connectivity index (χ1v) is 5.99. The number of rotatable bonds is 2. The van der Waals surface area contributed by atoms with Crippen LogP contribution in [-0.2, 0) is 14.2 Å². The molecule has 0 amide bonds. The number of piperidine rings is 1. The third-order valence-electron chi connectivity index (χ3n) is 3.61. The predicted molar refractivity (Wildman–Crippen MR) is 54.3 cm³/mol. The third-order valence-corrected chi connectivity index (χ3v) is 3.61. The Morgan fingerprint density at radius 2 is 1.60 bits per heavy atom. The van der Waals surface area contributed by atoms with Crippen molar-refractivity contribution in [1.29, 1.82) is 0 Å². The van der Waals surface area contributed by atoms with Crippen molar-refractivity contribution in [2.45, 2.75) is 25.2 Å². The van der Waals surface area contributed by atoms with E-state index in [0.717, 1.165) is 39.3 Å². The van der Waals surface area contributed by atoms with Crippen molar-refractivity contribution in [2.24, 2.45) is 11.8 Å². The van der Waals surface area contributed by atoms with E-state index in [4.69, 9.17) is 14.2 Å². The molecule has 4 aliphatic heterocycles. The molecule has 86 valence electrons. The smallest absolute Gasteiger partial charge is 0.283 e. The van der Waals surface area contributed by atoms with E-state index in [2.05, 4.69) is 5.32 Å². The second kappa shape index (κ2) is 4.01. The first-order valence-electron chi connectivity index (χ1n) is 5.99. The average Bonchev–Trinajstić information content (AvgIpc) is 2.32. The van der Waals surface area contributed by atoms with E-state index in [1.165, 1.54) is 12.8 Å². The first-order chi connectivity index (χ1) is 7.36. The summed E-state index contributed by atoms with van der Waals surface area (Å²) in [6.07, 6.45) is 3.32. The van der Waals surface area contributed by atoms with E-state index in [0.29, 0.717) is 11.8 Å². The van der Waals surface area contributed by atoms with Gasteiger partial charge in [0.25, 0.3) is 5.97 Å². The molecule has 0 aromatic rings. The molecule has 1 N–H and O–H groups in total. The molecule has 15 heavy (non-hydrogen) atoms. The van der Waals surface area contributed by atoms with Crippen LogP contribution in [0.3, 0.4) is 0 Å². The quantitative estimate of drug-likeness (QED) is 0.734. The molecule has 0 aromatic heterocycles. The highest BCUT2D eigenvalue weighted by Gasteiger charge is 2.45. The molecule has 0 spiro atoms. The van der Waals surface area contributed by atoms with Gasteiger partial charge in [0.2, 0.25) is 0 Å². The van der Waals surface area contributed by atoms with Gasteiger partial charge in [0, 0.05) is 12.3 Å². The molecule has 4 heteroatoms. The Morgan fingerprint density at radius 1 is 1.00 bits per heavy atom. The zero-order chi connectivity index (χ0) is 10.1. The minimum absolute atomic E-state index is 0.458. The zero-order valence-corrected chi connectivity index (χ0v) is 9.04. The molecular formula is C11H19NO3. The Balaban J connectivity index is 1.60. The van der Waals surface area contributed by atoms with Gasteiger partial charge in [0.1, 0.15) is 0 Å². The summed E-state index contributed by atoms with van der Waals surface area (Å²) in [5, 5.41) is 3.37. The van der Waals surface area contributed by atoms with Gasteiger partial charge < -0.3 is 19.5 Å². The van der Waals surface area contributed by atoms with Crippen LogP contribution in [0.4, 0.5) is 0 Å². The lowest BCUT2D eigenvalue weighted by molar-refractivity contribution is -0.453. The molecule has 4 nitrogen and oxygen atoms in total. The van der Waals surface area contributed by atoms with Gasteiger partial charge in [-0.15, -0.1) is 0 Å². The van der Waals surface area contributed by atoms with E-state index < -0.39 is 5.97 Å². The minimum Gasteiger partial charge on any atom is -0.327 e. The van der Waals surface area contributed by atoms with Crippen LogP contribution in [0.25, 0.3) is 0 Å². The van der Waals surface area contributed by atoms with Crippen molar-refractivity contribution in [2.75, 3.05) is 32.9 Å². The van der Waals surface area contributed by atoms with Crippen LogP contribution < -0.4 is 5.32 Å². The molecule has 4 aliphatic rings. The molecule has 4 rings (SSSR count). The Morgan fingerprint density at radius 3 is 2.20 bits per heavy atom. The largest absolute Gasteiger partial charge is 0.327 e. The highest BCUT2D eigenvalue weighted by molar-refractivity contribution is 4.79. The van der Waals surface area contributed by atoms with Crippen LogP contribution >= 0.6 is 0 Å². The maximum Gasteiger partial charge on any atom is 0.283 e. The van der Waals surface area contributed by atoms with Crippen molar-refractivity contribution in [3.63, 3.8) is 0 Å². The summed E-state index contributed by atoms with van der Waals surface area (Å²) < 4.78 is 17.1. The molecule has 0 saturated carbocycles. The third kappa shape index (κ3) is 2.04. The molecule has 0 atom stereocenters. The van der Waals surface area contributed by atoms with E-state index in [1.54, 1.807) is 0 Å². The topological polar surface area (TPSA) is 39.7 Å². The summed E-state index contributed by atoms with van der Waals surface area (Å²) in [4.78, 5) is 0. The van der Waals surface area contributed by atoms with Gasteiger partial charge in [-0.3, -0.25) is 0 Å². The number of hydrogen-bond acceptors (Lipinski definition) is 4. The van der Waals surface area contributed by atoms with Crippen molar-refractivity contribution < 1.29 is 14.2 Å². The van der Waals surface area contributed by atoms with Crippen LogP contribution in [-0.4, -0.2) is 38.9 Å². The van der Waals surface area contributed by atoms with Gasteiger partial charge in [0.15, 0.2) is 0 Å². The maximum absolute atomic E-state index is 5.70. The van der Waals surface area contributed by atoms with Gasteiger partial charge in [-0.2, -0.15) is 0 Å². The Bertz CT molecular complexity index is 206. The van der Waals surface area contributed by atoms with Crippen LogP contribution in [0, 0.1) is 11.8 Å². The Labute approximate surface area is 90.3 Å². The first kappa shape index (κ1) is 10.0. The molecule has 0 aliphatic carbocycles. The standard InChI is InChI=1S/C11H19NO3/c1-3-12-4-2-9(1)5-11-13-6-10(7-14-11)8-15-11/h9-10,12H,1-8H2. The highest BCUT2D eigenvalue weighted by atomic mass is 16.9. The number of hydrogen-bond donors (Lipinski definition) is 1. The van der Waals surface area contributed by atoms with Crippen molar-refractivity contribution in [1.82, 2.24) is 5.32 Å². The molecule has 2 bridgehead atoms. The monoisotopic (exact) mass is 213 g/mol. The summed E-state index contributed by atoms with van der Waals surface area (Å²) in [6.45, 7) is 4.66. The Hall–Kier alpha value is -0.160. The normalized spacial score (nSPS) is 42.0. The average molecular weight is 213 g/mol. The molecule has 4 saturated heterocycles. The second-order valence-corrected chi connectivity index (χ2v) is 4.88. The van der Waals surface area contributed by atoms with E-state index in [9.17, 15) is 0 Å². The van der Waals surface area contributed by atoms with Crippen molar-refractivity contribution in [3.8, 4) is 0 Å². The summed E-state index contributed by atoms with van der Waals surface area (Å²) in [5.41, 5.74) is 0. The fourth-order valence-electron chi connectivity index (χ4n) is 2.62. The molecular weight excluding hydrogens is 194 g/mol. The maximum atomic E-state index is 5.70. The number of ether oxygens (including phenoxy) is 3. The van der Waals surface area contributed by atoms with Gasteiger partial charge >= 0.3 is 0 Å². The van der Waals surface area contributed by atoms with E-state index >= 15 is 0 Å². The van der Waals surface area contributed by atoms with Gasteiger partial charge in [-0.25, -0.2) is 0 Å². The van der Waals surface area contributed by atoms with Gasteiger partial charge in [0.05, 0.1) is 19.8 Å². The minimum atomic E-state index is -0.684. The Kier molecular flexibility index (Phi) is 2.68. The SMILES string of the molecule is C1CC(CC23OCC(CO2)CO3)CCN1. The van der Waals surface area contributed by atoms with Gasteiger partial charge in [-0.05, 0) is 31.8 Å². The zero-order valence-electron chi connectivity index (χ0n) is 9.04. The number of nitrogens with one attached hydrogen (secondary N) is 1. The predicted octanol–water partition coefficient (Wildman–Crippen LogP) is 0.723. The molecule has 0 unspecified atom stereocenters. The lowest BCUT2D eigenvalue weighted by atomic mass is 9.92. The molecule has 0 radical (unpaired) electrons. The van der Waals surface area contributed by atoms with Crippen molar-refractivity contribution in [3.05, 3.63) is 0 Å².